The second-order valence-corrected chi connectivity index (χ2v) is 8.23. The lowest BCUT2D eigenvalue weighted by molar-refractivity contribution is 1.19. The zero-order chi connectivity index (χ0) is 48.0. The largest absolute Gasteiger partial charge is 0.0776 e. The van der Waals surface area contributed by atoms with Crippen LogP contribution in [0.4, 0.5) is 0 Å². The molecule has 0 atom stereocenters. The van der Waals surface area contributed by atoms with Crippen LogP contribution in [0.1, 0.15) is 185 Å². The van der Waals surface area contributed by atoms with Gasteiger partial charge in [-0.1, -0.05) is 343 Å². The maximum atomic E-state index is 2.16. The minimum Gasteiger partial charge on any atom is -0.0776 e. The smallest absolute Gasteiger partial charge is 0.00258 e. The first-order chi connectivity index (χ1) is 29.4. The first-order valence-corrected chi connectivity index (χ1v) is 24.0. The molecular weight excluding hydrogens is 721 g/mol. The van der Waals surface area contributed by atoms with E-state index in [-0.39, 0.29) is 7.43 Å². The van der Waals surface area contributed by atoms with Crippen molar-refractivity contribution >= 4 is 10.8 Å². The Bertz CT molecular complexity index is 1230. The van der Waals surface area contributed by atoms with E-state index in [1.807, 2.05) is 178 Å². The average Bonchev–Trinajstić information content (AvgIpc) is 3.40. The molecule has 6 rings (SSSR count). The molecular formula is C60H106. The molecule has 6 aromatic carbocycles. The van der Waals surface area contributed by atoms with E-state index in [0.717, 1.165) is 6.42 Å². The van der Waals surface area contributed by atoms with Crippen LogP contribution in [0.25, 0.3) is 21.9 Å². The molecule has 0 heterocycles. The lowest BCUT2D eigenvalue weighted by Crippen LogP contribution is -1.85. The highest BCUT2D eigenvalue weighted by Crippen LogP contribution is 2.17. The molecule has 0 N–H and O–H groups in total. The zero-order valence-corrected chi connectivity index (χ0v) is 43.9. The first kappa shape index (κ1) is 79.7. The first-order valence-electron chi connectivity index (χ1n) is 24.0. The third kappa shape index (κ3) is 51.6. The Hall–Kier alpha value is -4.42. The molecule has 0 saturated heterocycles. The standard InChI is InChI=1S/C13H12.C12H10.C10H8.12C2H6.CH4/c1-3-7-12(8-4-1)11-13-9-5-2-6-10-13;1-3-7-11(8-4-1)12-9-5-2-6-10-12;1-2-6-10-8-4-3-7-9(10)5-1;12*1-2;/h1-10H,11H2;1-10H;1-8H;12*1-2H3;1H4. The van der Waals surface area contributed by atoms with Crippen molar-refractivity contribution < 1.29 is 0 Å². The highest BCUT2D eigenvalue weighted by Gasteiger charge is 1.93. The molecule has 0 aliphatic heterocycles. The monoisotopic (exact) mass is 827 g/mol. The Labute approximate surface area is 381 Å². The molecule has 0 amide bonds. The lowest BCUT2D eigenvalue weighted by atomic mass is 10.1. The van der Waals surface area contributed by atoms with Crippen LogP contribution in [0.3, 0.4) is 0 Å². The van der Waals surface area contributed by atoms with E-state index in [1.165, 1.54) is 33.0 Å². The van der Waals surface area contributed by atoms with E-state index >= 15 is 0 Å². The Morgan fingerprint density at radius 1 is 0.200 bits per heavy atom. The normalized spacial score (nSPS) is 6.93. The van der Waals surface area contributed by atoms with Crippen molar-refractivity contribution in [3.63, 3.8) is 0 Å². The van der Waals surface area contributed by atoms with Crippen molar-refractivity contribution in [2.24, 2.45) is 0 Å². The van der Waals surface area contributed by atoms with E-state index in [4.69, 9.17) is 0 Å². The number of hydrogen-bond donors (Lipinski definition) is 0. The molecule has 60 heavy (non-hydrogen) atoms. The SMILES string of the molecule is C.CC.CC.CC.CC.CC.CC.CC.CC.CC.CC.CC.CC.c1ccc(-c2ccccc2)cc1.c1ccc(Cc2ccccc2)cc1.c1ccc2ccccc2c1. The molecule has 0 spiro atoms. The third-order valence-electron chi connectivity index (χ3n) is 5.63. The Kier molecular flexibility index (Phi) is 115. The minimum atomic E-state index is 0. The maximum absolute atomic E-state index is 2.16. The van der Waals surface area contributed by atoms with Gasteiger partial charge in [0.15, 0.2) is 0 Å². The fourth-order valence-electron chi connectivity index (χ4n) is 3.82. The topological polar surface area (TPSA) is 0 Å². The molecule has 0 nitrogen and oxygen atoms in total. The van der Waals surface area contributed by atoms with Crippen molar-refractivity contribution in [1.29, 1.82) is 0 Å². The van der Waals surface area contributed by atoms with Gasteiger partial charge in [0, 0.05) is 0 Å². The summed E-state index contributed by atoms with van der Waals surface area (Å²) < 4.78 is 0. The summed E-state index contributed by atoms with van der Waals surface area (Å²) >= 11 is 0. The molecule has 0 heteroatoms. The Morgan fingerprint density at radius 2 is 0.350 bits per heavy atom. The third-order valence-corrected chi connectivity index (χ3v) is 5.63. The second kappa shape index (κ2) is 86.4. The van der Waals surface area contributed by atoms with E-state index in [9.17, 15) is 0 Å². The minimum absolute atomic E-state index is 0. The summed E-state index contributed by atoms with van der Waals surface area (Å²) in [4.78, 5) is 0. The van der Waals surface area contributed by atoms with Gasteiger partial charge in [0.2, 0.25) is 0 Å². The van der Waals surface area contributed by atoms with Crippen molar-refractivity contribution in [1.82, 2.24) is 0 Å². The van der Waals surface area contributed by atoms with Crippen LogP contribution in [0.15, 0.2) is 170 Å². The van der Waals surface area contributed by atoms with Gasteiger partial charge in [-0.2, -0.15) is 0 Å². The quantitative estimate of drug-likeness (QED) is 0.167. The van der Waals surface area contributed by atoms with Gasteiger partial charge < -0.3 is 0 Å². The number of rotatable bonds is 3. The van der Waals surface area contributed by atoms with Gasteiger partial charge in [0.1, 0.15) is 0 Å². The predicted octanol–water partition coefficient (Wildman–Crippen LogP) is 22.4. The lowest BCUT2D eigenvalue weighted by Gasteiger charge is -2.00. The highest BCUT2D eigenvalue weighted by atomic mass is 14.0. The predicted molar refractivity (Wildman–Crippen MR) is 294 cm³/mol. The Morgan fingerprint density at radius 3 is 0.533 bits per heavy atom. The van der Waals surface area contributed by atoms with Gasteiger partial charge in [0.25, 0.3) is 0 Å². The van der Waals surface area contributed by atoms with Gasteiger partial charge in [-0.25, -0.2) is 0 Å². The summed E-state index contributed by atoms with van der Waals surface area (Å²) in [6.45, 7) is 48.0. The molecule has 346 valence electrons. The second-order valence-electron chi connectivity index (χ2n) is 8.23. The van der Waals surface area contributed by atoms with Gasteiger partial charge in [-0.15, -0.1) is 0 Å². The average molecular weight is 828 g/mol. The van der Waals surface area contributed by atoms with Crippen molar-refractivity contribution in [2.45, 2.75) is 180 Å². The van der Waals surface area contributed by atoms with Crippen LogP contribution in [-0.4, -0.2) is 0 Å². The van der Waals surface area contributed by atoms with Crippen molar-refractivity contribution in [3.05, 3.63) is 181 Å². The summed E-state index contributed by atoms with van der Waals surface area (Å²) in [6.07, 6.45) is 1.03. The summed E-state index contributed by atoms with van der Waals surface area (Å²) in [5.74, 6) is 0. The van der Waals surface area contributed by atoms with Crippen LogP contribution in [0.2, 0.25) is 0 Å². The summed E-state index contributed by atoms with van der Waals surface area (Å²) in [5.41, 5.74) is 5.29. The van der Waals surface area contributed by atoms with E-state index in [0.29, 0.717) is 0 Å². The molecule has 0 saturated carbocycles. The van der Waals surface area contributed by atoms with Crippen molar-refractivity contribution in [3.8, 4) is 11.1 Å². The van der Waals surface area contributed by atoms with E-state index in [1.54, 1.807) is 0 Å². The number of fused-ring (bicyclic) bond motifs is 1. The van der Waals surface area contributed by atoms with Gasteiger partial charge in [-0.05, 0) is 39.4 Å². The molecule has 0 unspecified atom stereocenters. The molecule has 0 bridgehead atoms. The van der Waals surface area contributed by atoms with Crippen LogP contribution < -0.4 is 0 Å². The van der Waals surface area contributed by atoms with Crippen LogP contribution >= 0.6 is 0 Å². The molecule has 0 radical (unpaired) electrons. The van der Waals surface area contributed by atoms with Crippen molar-refractivity contribution in [2.75, 3.05) is 0 Å². The number of hydrogen-bond acceptors (Lipinski definition) is 0. The zero-order valence-electron chi connectivity index (χ0n) is 43.9. The Balaban J connectivity index is -0.0000000622. The fraction of sp³-hybridized carbons (Fsp3) is 0.433. The van der Waals surface area contributed by atoms with Gasteiger partial charge in [-0.3, -0.25) is 0 Å². The number of benzene rings is 6. The highest BCUT2D eigenvalue weighted by molar-refractivity contribution is 5.82. The van der Waals surface area contributed by atoms with Crippen LogP contribution in [0, 0.1) is 0 Å². The summed E-state index contributed by atoms with van der Waals surface area (Å²) in [6, 6.07) is 58.6. The summed E-state index contributed by atoms with van der Waals surface area (Å²) in [7, 11) is 0. The summed E-state index contributed by atoms with van der Waals surface area (Å²) in [5, 5.41) is 2.62. The molecule has 0 aliphatic rings. The molecule has 0 fully saturated rings. The maximum Gasteiger partial charge on any atom is -0.00258 e. The van der Waals surface area contributed by atoms with Gasteiger partial charge >= 0.3 is 0 Å². The fourth-order valence-corrected chi connectivity index (χ4v) is 3.82. The van der Waals surface area contributed by atoms with Gasteiger partial charge in [0.05, 0.1) is 0 Å². The van der Waals surface area contributed by atoms with Crippen LogP contribution in [0.5, 0.6) is 0 Å². The van der Waals surface area contributed by atoms with E-state index in [2.05, 4.69) is 158 Å². The molecule has 0 aliphatic carbocycles. The molecule has 6 aromatic rings. The molecule has 0 aromatic heterocycles. The van der Waals surface area contributed by atoms with E-state index < -0.39 is 0 Å². The van der Waals surface area contributed by atoms with Crippen LogP contribution in [-0.2, 0) is 6.42 Å².